The molecule has 154 valence electrons. The molecule has 4 nitrogen and oxygen atoms in total. The number of carbonyl (C=O) groups is 1. The maximum atomic E-state index is 12.8. The maximum absolute atomic E-state index is 12.8. The highest BCUT2D eigenvalue weighted by molar-refractivity contribution is 7.10. The van der Waals surface area contributed by atoms with Gasteiger partial charge in [-0.2, -0.15) is 0 Å². The van der Waals surface area contributed by atoms with Gasteiger partial charge in [-0.1, -0.05) is 44.0 Å². The van der Waals surface area contributed by atoms with Crippen molar-refractivity contribution in [2.75, 3.05) is 6.54 Å². The van der Waals surface area contributed by atoms with Gasteiger partial charge < -0.3 is 15.6 Å². The topological polar surface area (TPSA) is 56.9 Å². The minimum atomic E-state index is -0.211. The van der Waals surface area contributed by atoms with Crippen molar-refractivity contribution in [3.05, 3.63) is 58.4 Å². The summed E-state index contributed by atoms with van der Waals surface area (Å²) in [5.41, 5.74) is 2.44. The highest BCUT2D eigenvalue weighted by Gasteiger charge is 2.26. The molecule has 29 heavy (non-hydrogen) atoms. The van der Waals surface area contributed by atoms with Gasteiger partial charge in [-0.15, -0.1) is 11.3 Å². The van der Waals surface area contributed by atoms with E-state index in [-0.39, 0.29) is 17.9 Å². The molecule has 2 heterocycles. The van der Waals surface area contributed by atoms with E-state index in [0.717, 1.165) is 18.5 Å². The van der Waals surface area contributed by atoms with Gasteiger partial charge in [0.25, 0.3) is 0 Å². The van der Waals surface area contributed by atoms with Crippen LogP contribution in [-0.4, -0.2) is 29.5 Å². The lowest BCUT2D eigenvalue weighted by Gasteiger charge is -2.30. The summed E-state index contributed by atoms with van der Waals surface area (Å²) < 4.78 is 0. The smallest absolute Gasteiger partial charge is 0.237 e. The zero-order valence-corrected chi connectivity index (χ0v) is 18.1. The Morgan fingerprint density at radius 3 is 2.83 bits per heavy atom. The van der Waals surface area contributed by atoms with Gasteiger partial charge in [0.15, 0.2) is 0 Å². The molecule has 1 fully saturated rings. The molecule has 3 N–H and O–H groups in total. The van der Waals surface area contributed by atoms with Crippen LogP contribution in [0, 0.1) is 5.92 Å². The summed E-state index contributed by atoms with van der Waals surface area (Å²) >= 11 is 1.77. The van der Waals surface area contributed by atoms with E-state index in [1.807, 2.05) is 6.92 Å². The zero-order valence-electron chi connectivity index (χ0n) is 17.3. The van der Waals surface area contributed by atoms with Crippen molar-refractivity contribution >= 4 is 28.1 Å². The van der Waals surface area contributed by atoms with Crippen LogP contribution in [-0.2, 0) is 4.79 Å². The van der Waals surface area contributed by atoms with Crippen molar-refractivity contribution in [2.45, 2.75) is 57.5 Å². The van der Waals surface area contributed by atoms with Gasteiger partial charge in [0.05, 0.1) is 6.04 Å². The third-order valence-corrected chi connectivity index (χ3v) is 7.33. The Labute approximate surface area is 177 Å². The Morgan fingerprint density at radius 2 is 2.03 bits per heavy atom. The summed E-state index contributed by atoms with van der Waals surface area (Å²) in [4.78, 5) is 17.5. The summed E-state index contributed by atoms with van der Waals surface area (Å²) in [6.45, 7) is 4.97. The molecule has 0 saturated heterocycles. The fourth-order valence-electron chi connectivity index (χ4n) is 4.46. The molecule has 1 saturated carbocycles. The van der Waals surface area contributed by atoms with Gasteiger partial charge in [-0.05, 0) is 48.8 Å². The second-order valence-corrected chi connectivity index (χ2v) is 9.34. The second kappa shape index (κ2) is 9.14. The molecule has 5 heteroatoms. The molecule has 0 bridgehead atoms. The monoisotopic (exact) mass is 409 g/mol. The van der Waals surface area contributed by atoms with Crippen LogP contribution in [0.4, 0.5) is 0 Å². The van der Waals surface area contributed by atoms with Crippen molar-refractivity contribution in [2.24, 2.45) is 5.92 Å². The van der Waals surface area contributed by atoms with Crippen LogP contribution in [0.2, 0.25) is 0 Å². The van der Waals surface area contributed by atoms with Crippen LogP contribution in [0.25, 0.3) is 10.9 Å². The summed E-state index contributed by atoms with van der Waals surface area (Å²) in [6.07, 6.45) is 6.94. The van der Waals surface area contributed by atoms with Crippen molar-refractivity contribution < 1.29 is 4.79 Å². The number of carbonyl (C=O) groups excluding carboxylic acids is 1. The van der Waals surface area contributed by atoms with Crippen molar-refractivity contribution in [3.63, 3.8) is 0 Å². The predicted octanol–water partition coefficient (Wildman–Crippen LogP) is 5.03. The van der Waals surface area contributed by atoms with Gasteiger partial charge >= 0.3 is 0 Å². The number of fused-ring (bicyclic) bond motifs is 1. The van der Waals surface area contributed by atoms with E-state index in [0.29, 0.717) is 12.0 Å². The summed E-state index contributed by atoms with van der Waals surface area (Å²) in [5, 5.41) is 10.2. The molecule has 0 unspecified atom stereocenters. The van der Waals surface area contributed by atoms with E-state index < -0.39 is 0 Å². The molecule has 4 atom stereocenters. The van der Waals surface area contributed by atoms with Crippen molar-refractivity contribution in [1.82, 2.24) is 15.6 Å². The van der Waals surface area contributed by atoms with Gasteiger partial charge in [-0.25, -0.2) is 0 Å². The molecular weight excluding hydrogens is 378 g/mol. The SMILES string of the molecule is C[C@@H]1CCCC[C@H]1NC(=O)[C@@H](C)NC[C@@H](c1cccs1)c1c[nH]c2ccccc12. The molecule has 1 amide bonds. The quantitative estimate of drug-likeness (QED) is 0.512. The van der Waals surface area contributed by atoms with Gasteiger partial charge in [0, 0.05) is 40.5 Å². The number of rotatable bonds is 7. The molecule has 1 aliphatic rings. The predicted molar refractivity (Wildman–Crippen MR) is 121 cm³/mol. The molecule has 0 radical (unpaired) electrons. The average molecular weight is 410 g/mol. The van der Waals surface area contributed by atoms with E-state index in [4.69, 9.17) is 0 Å². The Hall–Kier alpha value is -2.11. The Bertz CT molecular complexity index is 933. The number of aromatic nitrogens is 1. The minimum Gasteiger partial charge on any atom is -0.361 e. The number of amides is 1. The number of hydrogen-bond donors (Lipinski definition) is 3. The number of H-pyrrole nitrogens is 1. The Kier molecular flexibility index (Phi) is 6.36. The van der Waals surface area contributed by atoms with Crippen LogP contribution in [0.15, 0.2) is 48.0 Å². The largest absolute Gasteiger partial charge is 0.361 e. The van der Waals surface area contributed by atoms with Crippen LogP contribution in [0.3, 0.4) is 0 Å². The average Bonchev–Trinajstić information content (AvgIpc) is 3.40. The fourth-order valence-corrected chi connectivity index (χ4v) is 5.31. The number of hydrogen-bond acceptors (Lipinski definition) is 3. The number of nitrogens with one attached hydrogen (secondary N) is 3. The summed E-state index contributed by atoms with van der Waals surface area (Å²) in [6, 6.07) is 12.8. The first-order valence-corrected chi connectivity index (χ1v) is 11.6. The first-order valence-electron chi connectivity index (χ1n) is 10.8. The van der Waals surface area contributed by atoms with Gasteiger partial charge in [-0.3, -0.25) is 4.79 Å². The molecular formula is C24H31N3OS. The number of para-hydroxylation sites is 1. The van der Waals surface area contributed by atoms with Crippen LogP contribution in [0.1, 0.15) is 55.9 Å². The minimum absolute atomic E-state index is 0.118. The molecule has 1 aliphatic carbocycles. The molecule has 1 aromatic carbocycles. The van der Waals surface area contributed by atoms with Gasteiger partial charge in [0.1, 0.15) is 0 Å². The second-order valence-electron chi connectivity index (χ2n) is 8.36. The first kappa shape index (κ1) is 20.2. The van der Waals surface area contributed by atoms with Crippen molar-refractivity contribution in [3.8, 4) is 0 Å². The third kappa shape index (κ3) is 4.57. The van der Waals surface area contributed by atoms with E-state index in [9.17, 15) is 4.79 Å². The molecule has 0 aliphatic heterocycles. The molecule has 0 spiro atoms. The molecule has 4 rings (SSSR count). The Balaban J connectivity index is 1.45. The van der Waals surface area contributed by atoms with Crippen LogP contribution < -0.4 is 10.6 Å². The normalized spacial score (nSPS) is 21.7. The molecule has 3 aromatic rings. The number of benzene rings is 1. The summed E-state index contributed by atoms with van der Waals surface area (Å²) in [7, 11) is 0. The van der Waals surface area contributed by atoms with Crippen LogP contribution >= 0.6 is 11.3 Å². The lowest BCUT2D eigenvalue weighted by molar-refractivity contribution is -0.124. The zero-order chi connectivity index (χ0) is 20.2. The highest BCUT2D eigenvalue weighted by atomic mass is 32.1. The first-order chi connectivity index (χ1) is 14.1. The van der Waals surface area contributed by atoms with Crippen molar-refractivity contribution in [1.29, 1.82) is 0 Å². The number of thiophene rings is 1. The van der Waals surface area contributed by atoms with E-state index >= 15 is 0 Å². The standard InChI is InChI=1S/C24H31N3OS/c1-16-8-3-5-10-21(16)27-24(28)17(2)25-15-20(23-12-7-13-29-23)19-14-26-22-11-6-4-9-18(19)22/h4,6-7,9,11-14,16-17,20-21,25-26H,3,5,8,10,15H2,1-2H3,(H,27,28)/t16-,17-,20-,21-/m1/s1. The molecule has 2 aromatic heterocycles. The van der Waals surface area contributed by atoms with E-state index in [1.54, 1.807) is 11.3 Å². The lowest BCUT2D eigenvalue weighted by Crippen LogP contribution is -2.49. The fraction of sp³-hybridized carbons (Fsp3) is 0.458. The lowest BCUT2D eigenvalue weighted by atomic mass is 9.86. The Morgan fingerprint density at radius 1 is 1.21 bits per heavy atom. The van der Waals surface area contributed by atoms with E-state index in [1.165, 1.54) is 35.1 Å². The third-order valence-electron chi connectivity index (χ3n) is 6.34. The maximum Gasteiger partial charge on any atom is 0.237 e. The summed E-state index contributed by atoms with van der Waals surface area (Å²) in [5.74, 6) is 0.910. The van der Waals surface area contributed by atoms with Gasteiger partial charge in [0.2, 0.25) is 5.91 Å². The highest BCUT2D eigenvalue weighted by Crippen LogP contribution is 2.33. The van der Waals surface area contributed by atoms with Crippen LogP contribution in [0.5, 0.6) is 0 Å². The van der Waals surface area contributed by atoms with E-state index in [2.05, 4.69) is 70.5 Å². The number of aromatic amines is 1.